The molecule has 0 saturated carbocycles. The molecule has 0 aliphatic carbocycles. The molecule has 25 heavy (non-hydrogen) atoms. The third-order valence-electron chi connectivity index (χ3n) is 3.55. The lowest BCUT2D eigenvalue weighted by molar-refractivity contribution is -0.136. The van der Waals surface area contributed by atoms with Crippen LogP contribution in [0.4, 0.5) is 5.69 Å². The predicted molar refractivity (Wildman–Crippen MR) is 96.2 cm³/mol. The number of methoxy groups -OCH3 is 2. The molecule has 7 heteroatoms. The second kappa shape index (κ2) is 8.39. The van der Waals surface area contributed by atoms with Crippen LogP contribution in [0.15, 0.2) is 36.4 Å². The van der Waals surface area contributed by atoms with E-state index in [1.54, 1.807) is 43.3 Å². The first-order chi connectivity index (χ1) is 11.9. The average Bonchev–Trinajstić information content (AvgIpc) is 2.62. The van der Waals surface area contributed by atoms with Crippen molar-refractivity contribution < 1.29 is 19.1 Å². The van der Waals surface area contributed by atoms with Crippen LogP contribution in [0.5, 0.6) is 11.5 Å². The zero-order valence-corrected chi connectivity index (χ0v) is 14.9. The molecule has 2 aromatic carbocycles. The normalized spacial score (nSPS) is 10.1. The first-order valence-corrected chi connectivity index (χ1v) is 7.88. The van der Waals surface area contributed by atoms with E-state index in [4.69, 9.17) is 21.1 Å². The van der Waals surface area contributed by atoms with Crippen LogP contribution in [-0.2, 0) is 16.1 Å². The molecule has 132 valence electrons. The van der Waals surface area contributed by atoms with Crippen LogP contribution in [0.25, 0.3) is 0 Å². The summed E-state index contributed by atoms with van der Waals surface area (Å²) in [6, 6.07) is 10.3. The summed E-state index contributed by atoms with van der Waals surface area (Å²) in [5, 5.41) is 5.74. The van der Waals surface area contributed by atoms with Gasteiger partial charge in [0.05, 0.1) is 14.2 Å². The fourth-order valence-electron chi connectivity index (χ4n) is 2.16. The molecule has 0 unspecified atom stereocenters. The highest BCUT2D eigenvalue weighted by Crippen LogP contribution is 2.32. The van der Waals surface area contributed by atoms with E-state index in [9.17, 15) is 9.59 Å². The Kier molecular flexibility index (Phi) is 6.25. The number of halogens is 1. The molecular weight excluding hydrogens is 344 g/mol. The third-order valence-corrected chi connectivity index (χ3v) is 3.80. The zero-order valence-electron chi connectivity index (χ0n) is 14.2. The lowest BCUT2D eigenvalue weighted by Crippen LogP contribution is -2.35. The second-order valence-electron chi connectivity index (χ2n) is 5.29. The molecule has 0 heterocycles. The summed E-state index contributed by atoms with van der Waals surface area (Å²) in [6.45, 7) is 2.03. The largest absolute Gasteiger partial charge is 0.493 e. The summed E-state index contributed by atoms with van der Waals surface area (Å²) in [7, 11) is 3.03. The van der Waals surface area contributed by atoms with Gasteiger partial charge in [-0.2, -0.15) is 0 Å². The number of anilines is 1. The lowest BCUT2D eigenvalue weighted by atomic mass is 10.1. The summed E-state index contributed by atoms with van der Waals surface area (Å²) in [4.78, 5) is 24.0. The Morgan fingerprint density at radius 1 is 1.00 bits per heavy atom. The van der Waals surface area contributed by atoms with Crippen molar-refractivity contribution in [2.45, 2.75) is 13.5 Å². The van der Waals surface area contributed by atoms with Crippen molar-refractivity contribution in [3.63, 3.8) is 0 Å². The van der Waals surface area contributed by atoms with Gasteiger partial charge < -0.3 is 20.1 Å². The van der Waals surface area contributed by atoms with Crippen molar-refractivity contribution in [3.8, 4) is 11.5 Å². The van der Waals surface area contributed by atoms with Crippen LogP contribution in [0, 0.1) is 6.92 Å². The summed E-state index contributed by atoms with van der Waals surface area (Å²) in [5.74, 6) is -0.483. The molecule has 0 saturated heterocycles. The van der Waals surface area contributed by atoms with E-state index in [1.807, 2.05) is 0 Å². The highest BCUT2D eigenvalue weighted by molar-refractivity contribution is 6.39. The number of rotatable bonds is 5. The quantitative estimate of drug-likeness (QED) is 0.802. The Hall–Kier alpha value is -2.73. The number of nitrogens with one attached hydrogen (secondary N) is 2. The van der Waals surface area contributed by atoms with Gasteiger partial charge >= 0.3 is 11.8 Å². The van der Waals surface area contributed by atoms with E-state index < -0.39 is 11.8 Å². The molecule has 0 aliphatic rings. The van der Waals surface area contributed by atoms with E-state index >= 15 is 0 Å². The summed E-state index contributed by atoms with van der Waals surface area (Å²) < 4.78 is 10.4. The summed E-state index contributed by atoms with van der Waals surface area (Å²) in [6.07, 6.45) is 0. The molecule has 0 fully saturated rings. The van der Waals surface area contributed by atoms with Gasteiger partial charge in [0, 0.05) is 23.3 Å². The molecule has 0 bridgehead atoms. The van der Waals surface area contributed by atoms with Crippen molar-refractivity contribution >= 4 is 29.1 Å². The van der Waals surface area contributed by atoms with Gasteiger partial charge in [-0.15, -0.1) is 0 Å². The molecule has 2 rings (SSSR count). The van der Waals surface area contributed by atoms with Gasteiger partial charge in [-0.05, 0) is 36.2 Å². The maximum Gasteiger partial charge on any atom is 0.313 e. The monoisotopic (exact) mass is 362 g/mol. The van der Waals surface area contributed by atoms with E-state index in [0.29, 0.717) is 22.2 Å². The molecule has 0 spiro atoms. The standard InChI is InChI=1S/C18H19ClN2O4/c1-11-8-15(24-2)16(25-3)9-14(11)21-18(23)17(22)20-10-12-4-6-13(19)7-5-12/h4-9H,10H2,1-3H3,(H,20,22)(H,21,23). The van der Waals surface area contributed by atoms with E-state index in [2.05, 4.69) is 10.6 Å². The van der Waals surface area contributed by atoms with Gasteiger partial charge in [-0.25, -0.2) is 0 Å². The molecule has 0 atom stereocenters. The Labute approximate surface area is 151 Å². The fourth-order valence-corrected chi connectivity index (χ4v) is 2.29. The van der Waals surface area contributed by atoms with Gasteiger partial charge in [0.15, 0.2) is 11.5 Å². The predicted octanol–water partition coefficient (Wildman–Crippen LogP) is 2.92. The number of hydrogen-bond donors (Lipinski definition) is 2. The first kappa shape index (κ1) is 18.6. The Morgan fingerprint density at radius 3 is 2.20 bits per heavy atom. The van der Waals surface area contributed by atoms with E-state index in [-0.39, 0.29) is 6.54 Å². The number of aryl methyl sites for hydroxylation is 1. The SMILES string of the molecule is COc1cc(C)c(NC(=O)C(=O)NCc2ccc(Cl)cc2)cc1OC. The summed E-state index contributed by atoms with van der Waals surface area (Å²) in [5.41, 5.74) is 2.06. The minimum Gasteiger partial charge on any atom is -0.493 e. The number of carbonyl (C=O) groups excluding carboxylic acids is 2. The van der Waals surface area contributed by atoms with Crippen LogP contribution in [-0.4, -0.2) is 26.0 Å². The first-order valence-electron chi connectivity index (χ1n) is 7.51. The van der Waals surface area contributed by atoms with Gasteiger partial charge in [0.25, 0.3) is 0 Å². The molecule has 0 aromatic heterocycles. The van der Waals surface area contributed by atoms with Crippen molar-refractivity contribution in [1.29, 1.82) is 0 Å². The van der Waals surface area contributed by atoms with Gasteiger partial charge in [0.1, 0.15) is 0 Å². The molecular formula is C18H19ClN2O4. The van der Waals surface area contributed by atoms with Crippen molar-refractivity contribution in [2.75, 3.05) is 19.5 Å². The maximum absolute atomic E-state index is 12.1. The van der Waals surface area contributed by atoms with Gasteiger partial charge in [0.2, 0.25) is 0 Å². The highest BCUT2D eigenvalue weighted by atomic mass is 35.5. The maximum atomic E-state index is 12.1. The highest BCUT2D eigenvalue weighted by Gasteiger charge is 2.16. The van der Waals surface area contributed by atoms with E-state index in [1.165, 1.54) is 14.2 Å². The Bertz CT molecular complexity index is 775. The van der Waals surface area contributed by atoms with E-state index in [0.717, 1.165) is 11.1 Å². The van der Waals surface area contributed by atoms with Crippen LogP contribution >= 0.6 is 11.6 Å². The van der Waals surface area contributed by atoms with Gasteiger partial charge in [-0.3, -0.25) is 9.59 Å². The Balaban J connectivity index is 2.01. The number of carbonyl (C=O) groups is 2. The second-order valence-corrected chi connectivity index (χ2v) is 5.72. The summed E-state index contributed by atoms with van der Waals surface area (Å²) >= 11 is 5.81. The topological polar surface area (TPSA) is 76.7 Å². The van der Waals surface area contributed by atoms with Crippen molar-refractivity contribution in [3.05, 3.63) is 52.5 Å². The van der Waals surface area contributed by atoms with Crippen molar-refractivity contribution in [1.82, 2.24) is 5.32 Å². The Morgan fingerprint density at radius 2 is 1.60 bits per heavy atom. The van der Waals surface area contributed by atoms with Crippen molar-refractivity contribution in [2.24, 2.45) is 0 Å². The van der Waals surface area contributed by atoms with Crippen LogP contribution in [0.3, 0.4) is 0 Å². The fraction of sp³-hybridized carbons (Fsp3) is 0.222. The smallest absolute Gasteiger partial charge is 0.313 e. The van der Waals surface area contributed by atoms with Crippen LogP contribution in [0.2, 0.25) is 5.02 Å². The molecule has 2 N–H and O–H groups in total. The average molecular weight is 363 g/mol. The molecule has 2 amide bonds. The number of hydrogen-bond acceptors (Lipinski definition) is 4. The molecule has 0 aliphatic heterocycles. The number of ether oxygens (including phenoxy) is 2. The number of amides is 2. The minimum absolute atomic E-state index is 0.230. The molecule has 6 nitrogen and oxygen atoms in total. The number of benzene rings is 2. The molecule has 2 aromatic rings. The third kappa shape index (κ3) is 4.87. The lowest BCUT2D eigenvalue weighted by Gasteiger charge is -2.13. The van der Waals surface area contributed by atoms with Gasteiger partial charge in [-0.1, -0.05) is 23.7 Å². The minimum atomic E-state index is -0.760. The molecule has 0 radical (unpaired) electrons. The zero-order chi connectivity index (χ0) is 18.4. The van der Waals surface area contributed by atoms with Crippen LogP contribution in [0.1, 0.15) is 11.1 Å². The van der Waals surface area contributed by atoms with Crippen LogP contribution < -0.4 is 20.1 Å².